The van der Waals surface area contributed by atoms with Crippen LogP contribution in [-0.2, 0) is 4.74 Å². The molecular formula is C13H19FN2O2. The maximum Gasteiger partial charge on any atom is 0.340 e. The predicted octanol–water partition coefficient (Wildman–Crippen LogP) is 2.79. The van der Waals surface area contributed by atoms with Crippen LogP contribution in [0.2, 0.25) is 0 Å². The van der Waals surface area contributed by atoms with Crippen molar-refractivity contribution in [1.82, 2.24) is 0 Å². The molecule has 18 heavy (non-hydrogen) atoms. The second-order valence-corrected chi connectivity index (χ2v) is 4.24. The highest BCUT2D eigenvalue weighted by Crippen LogP contribution is 2.24. The van der Waals surface area contributed by atoms with E-state index in [2.05, 4.69) is 17.0 Å². The molecule has 1 aromatic rings. The zero-order valence-corrected chi connectivity index (χ0v) is 10.9. The topological polar surface area (TPSA) is 64.3 Å². The van der Waals surface area contributed by atoms with Crippen molar-refractivity contribution >= 4 is 17.3 Å². The average Bonchev–Trinajstić information content (AvgIpc) is 2.32. The lowest BCUT2D eigenvalue weighted by atomic mass is 10.1. The summed E-state index contributed by atoms with van der Waals surface area (Å²) in [4.78, 5) is 11.5. The Morgan fingerprint density at radius 2 is 2.22 bits per heavy atom. The van der Waals surface area contributed by atoms with Gasteiger partial charge in [0.05, 0.1) is 18.4 Å². The summed E-state index contributed by atoms with van der Waals surface area (Å²) in [6.07, 6.45) is 1.91. The second kappa shape index (κ2) is 6.23. The summed E-state index contributed by atoms with van der Waals surface area (Å²) in [5.41, 5.74) is 6.10. The molecule has 0 saturated heterocycles. The number of hydrogen-bond acceptors (Lipinski definition) is 4. The van der Waals surface area contributed by atoms with E-state index in [9.17, 15) is 9.18 Å². The molecule has 0 aliphatic rings. The Bertz CT molecular complexity index is 435. The molecule has 0 aliphatic heterocycles. The summed E-state index contributed by atoms with van der Waals surface area (Å²) < 4.78 is 18.3. The van der Waals surface area contributed by atoms with E-state index in [1.54, 1.807) is 0 Å². The number of methoxy groups -OCH3 is 1. The lowest BCUT2D eigenvalue weighted by Gasteiger charge is -2.16. The molecule has 1 aromatic carbocycles. The molecule has 0 radical (unpaired) electrons. The van der Waals surface area contributed by atoms with Crippen LogP contribution in [0.25, 0.3) is 0 Å². The van der Waals surface area contributed by atoms with Crippen LogP contribution in [-0.4, -0.2) is 19.1 Å². The van der Waals surface area contributed by atoms with Gasteiger partial charge < -0.3 is 15.8 Å². The SMILES string of the molecule is CCCC(C)Nc1cc(C(=O)OC)c(N)cc1F. The van der Waals surface area contributed by atoms with Crippen molar-refractivity contribution in [3.05, 3.63) is 23.5 Å². The summed E-state index contributed by atoms with van der Waals surface area (Å²) in [6.45, 7) is 4.01. The van der Waals surface area contributed by atoms with Crippen molar-refractivity contribution < 1.29 is 13.9 Å². The van der Waals surface area contributed by atoms with E-state index < -0.39 is 11.8 Å². The third-order valence-electron chi connectivity index (χ3n) is 2.67. The third kappa shape index (κ3) is 3.35. The molecule has 0 saturated carbocycles. The Kier molecular flexibility index (Phi) is 4.95. The molecule has 0 bridgehead atoms. The van der Waals surface area contributed by atoms with Crippen LogP contribution >= 0.6 is 0 Å². The number of anilines is 2. The minimum Gasteiger partial charge on any atom is -0.465 e. The number of rotatable bonds is 5. The van der Waals surface area contributed by atoms with Crippen molar-refractivity contribution in [2.45, 2.75) is 32.7 Å². The Hall–Kier alpha value is -1.78. The number of esters is 1. The summed E-state index contributed by atoms with van der Waals surface area (Å²) in [5.74, 6) is -1.04. The first-order valence-corrected chi connectivity index (χ1v) is 5.93. The van der Waals surface area contributed by atoms with Crippen molar-refractivity contribution in [3.63, 3.8) is 0 Å². The standard InChI is InChI=1S/C13H19FN2O2/c1-4-5-8(2)16-12-6-9(13(17)18-3)11(15)7-10(12)14/h6-8,16H,4-5,15H2,1-3H3. The van der Waals surface area contributed by atoms with Gasteiger partial charge in [-0.15, -0.1) is 0 Å². The highest BCUT2D eigenvalue weighted by molar-refractivity contribution is 5.96. The molecule has 0 aromatic heterocycles. The summed E-state index contributed by atoms with van der Waals surface area (Å²) in [7, 11) is 1.26. The molecule has 1 rings (SSSR count). The van der Waals surface area contributed by atoms with E-state index in [4.69, 9.17) is 5.73 Å². The highest BCUT2D eigenvalue weighted by atomic mass is 19.1. The van der Waals surface area contributed by atoms with E-state index in [-0.39, 0.29) is 23.0 Å². The number of carbonyl (C=O) groups is 1. The molecule has 1 unspecified atom stereocenters. The Balaban J connectivity index is 3.01. The van der Waals surface area contributed by atoms with Crippen LogP contribution in [0.15, 0.2) is 12.1 Å². The lowest BCUT2D eigenvalue weighted by Crippen LogP contribution is -2.17. The number of benzene rings is 1. The highest BCUT2D eigenvalue weighted by Gasteiger charge is 2.15. The monoisotopic (exact) mass is 254 g/mol. The average molecular weight is 254 g/mol. The Morgan fingerprint density at radius 3 is 2.78 bits per heavy atom. The van der Waals surface area contributed by atoms with Crippen LogP contribution < -0.4 is 11.1 Å². The normalized spacial score (nSPS) is 12.0. The van der Waals surface area contributed by atoms with Gasteiger partial charge in [-0.05, 0) is 25.5 Å². The fourth-order valence-electron chi connectivity index (χ4n) is 1.76. The van der Waals surface area contributed by atoms with Gasteiger partial charge >= 0.3 is 5.97 Å². The van der Waals surface area contributed by atoms with Gasteiger partial charge in [0.15, 0.2) is 0 Å². The quantitative estimate of drug-likeness (QED) is 0.626. The first kappa shape index (κ1) is 14.3. The van der Waals surface area contributed by atoms with Gasteiger partial charge in [-0.1, -0.05) is 13.3 Å². The number of halogens is 1. The van der Waals surface area contributed by atoms with E-state index >= 15 is 0 Å². The molecule has 5 heteroatoms. The lowest BCUT2D eigenvalue weighted by molar-refractivity contribution is 0.0602. The minimum atomic E-state index is -0.571. The number of hydrogen-bond donors (Lipinski definition) is 2. The van der Waals surface area contributed by atoms with E-state index in [1.165, 1.54) is 13.2 Å². The molecule has 0 spiro atoms. The summed E-state index contributed by atoms with van der Waals surface area (Å²) >= 11 is 0. The second-order valence-electron chi connectivity index (χ2n) is 4.24. The molecule has 0 fully saturated rings. The Morgan fingerprint density at radius 1 is 1.56 bits per heavy atom. The van der Waals surface area contributed by atoms with Crippen LogP contribution in [0.3, 0.4) is 0 Å². The fraction of sp³-hybridized carbons (Fsp3) is 0.462. The number of nitrogens with one attached hydrogen (secondary N) is 1. The molecule has 3 N–H and O–H groups in total. The Labute approximate surface area is 106 Å². The molecule has 1 atom stereocenters. The summed E-state index contributed by atoms with van der Waals surface area (Å²) in [6, 6.07) is 2.65. The molecule has 100 valence electrons. The number of ether oxygens (including phenoxy) is 1. The van der Waals surface area contributed by atoms with Crippen LogP contribution in [0.1, 0.15) is 37.0 Å². The zero-order valence-electron chi connectivity index (χ0n) is 10.9. The molecule has 4 nitrogen and oxygen atoms in total. The maximum atomic E-state index is 13.7. The van der Waals surface area contributed by atoms with Gasteiger partial charge in [-0.25, -0.2) is 9.18 Å². The molecule has 0 heterocycles. The molecule has 0 amide bonds. The smallest absolute Gasteiger partial charge is 0.340 e. The molecular weight excluding hydrogens is 235 g/mol. The van der Waals surface area contributed by atoms with Gasteiger partial charge in [-0.2, -0.15) is 0 Å². The van der Waals surface area contributed by atoms with Crippen LogP contribution in [0.4, 0.5) is 15.8 Å². The van der Waals surface area contributed by atoms with Crippen molar-refractivity contribution in [3.8, 4) is 0 Å². The van der Waals surface area contributed by atoms with Gasteiger partial charge in [-0.3, -0.25) is 0 Å². The van der Waals surface area contributed by atoms with Gasteiger partial charge in [0.1, 0.15) is 5.82 Å². The number of carbonyl (C=O) groups excluding carboxylic acids is 1. The predicted molar refractivity (Wildman–Crippen MR) is 70.1 cm³/mol. The fourth-order valence-corrected chi connectivity index (χ4v) is 1.76. The number of nitrogens with two attached hydrogens (primary N) is 1. The van der Waals surface area contributed by atoms with Crippen LogP contribution in [0.5, 0.6) is 0 Å². The molecule has 0 aliphatic carbocycles. The van der Waals surface area contributed by atoms with Crippen LogP contribution in [0, 0.1) is 5.82 Å². The maximum absolute atomic E-state index is 13.7. The third-order valence-corrected chi connectivity index (χ3v) is 2.67. The first-order valence-electron chi connectivity index (χ1n) is 5.93. The van der Waals surface area contributed by atoms with Gasteiger partial charge in [0.2, 0.25) is 0 Å². The van der Waals surface area contributed by atoms with E-state index in [1.807, 2.05) is 6.92 Å². The number of nitrogen functional groups attached to an aromatic ring is 1. The van der Waals surface area contributed by atoms with E-state index in [0.717, 1.165) is 18.9 Å². The van der Waals surface area contributed by atoms with Crippen molar-refractivity contribution in [2.24, 2.45) is 0 Å². The van der Waals surface area contributed by atoms with Gasteiger partial charge in [0.25, 0.3) is 0 Å². The summed E-state index contributed by atoms with van der Waals surface area (Å²) in [5, 5.41) is 3.02. The minimum absolute atomic E-state index is 0.0769. The first-order chi connectivity index (χ1) is 8.49. The largest absolute Gasteiger partial charge is 0.465 e. The van der Waals surface area contributed by atoms with E-state index in [0.29, 0.717) is 0 Å². The zero-order chi connectivity index (χ0) is 13.7. The van der Waals surface area contributed by atoms with Crippen molar-refractivity contribution in [1.29, 1.82) is 0 Å². The van der Waals surface area contributed by atoms with Crippen molar-refractivity contribution in [2.75, 3.05) is 18.2 Å². The van der Waals surface area contributed by atoms with Gasteiger partial charge in [0, 0.05) is 11.7 Å².